The summed E-state index contributed by atoms with van der Waals surface area (Å²) in [6.07, 6.45) is 4.68. The topological polar surface area (TPSA) is 97.0 Å². The van der Waals surface area contributed by atoms with E-state index in [1.165, 1.54) is 0 Å². The molecule has 3 unspecified atom stereocenters. The van der Waals surface area contributed by atoms with Crippen molar-refractivity contribution in [1.29, 1.82) is 0 Å². The fourth-order valence-electron chi connectivity index (χ4n) is 5.17. The van der Waals surface area contributed by atoms with Crippen LogP contribution in [-0.4, -0.2) is 47.9 Å². The van der Waals surface area contributed by atoms with Gasteiger partial charge in [-0.2, -0.15) is 0 Å². The molecule has 8 nitrogen and oxygen atoms in total. The molecule has 33 heavy (non-hydrogen) atoms. The summed E-state index contributed by atoms with van der Waals surface area (Å²) >= 11 is 0. The Bertz CT molecular complexity index is 1060. The predicted octanol–water partition coefficient (Wildman–Crippen LogP) is 2.69. The molecule has 5 rings (SSSR count). The SMILES string of the molecule is O=C(NNC(=O)C1CC2CCCCC2N1C(=O)c1ccccc1)c1ccc2c(c1)OCCO2. The number of hydrazine groups is 1. The molecule has 3 aliphatic rings. The molecular formula is C25H27N3O5. The number of hydrogen-bond donors (Lipinski definition) is 2. The maximum Gasteiger partial charge on any atom is 0.269 e. The second kappa shape index (κ2) is 9.13. The number of nitrogens with one attached hydrogen (secondary N) is 2. The van der Waals surface area contributed by atoms with Gasteiger partial charge in [0.2, 0.25) is 0 Å². The van der Waals surface area contributed by atoms with Crippen LogP contribution in [-0.2, 0) is 4.79 Å². The van der Waals surface area contributed by atoms with Crippen molar-refractivity contribution in [3.05, 3.63) is 59.7 Å². The summed E-state index contributed by atoms with van der Waals surface area (Å²) in [4.78, 5) is 40.9. The highest BCUT2D eigenvalue weighted by Crippen LogP contribution is 2.40. The van der Waals surface area contributed by atoms with E-state index in [-0.39, 0.29) is 17.9 Å². The van der Waals surface area contributed by atoms with E-state index in [0.29, 0.717) is 48.2 Å². The van der Waals surface area contributed by atoms with Crippen LogP contribution in [0, 0.1) is 5.92 Å². The largest absolute Gasteiger partial charge is 0.486 e. The highest BCUT2D eigenvalue weighted by Gasteiger charge is 2.47. The van der Waals surface area contributed by atoms with Gasteiger partial charge in [0.1, 0.15) is 19.3 Å². The fraction of sp³-hybridized carbons (Fsp3) is 0.400. The van der Waals surface area contributed by atoms with E-state index in [2.05, 4.69) is 10.9 Å². The van der Waals surface area contributed by atoms with Crippen molar-refractivity contribution in [1.82, 2.24) is 15.8 Å². The third-order valence-electron chi connectivity index (χ3n) is 6.75. The molecule has 2 aromatic rings. The minimum Gasteiger partial charge on any atom is -0.486 e. The third-order valence-corrected chi connectivity index (χ3v) is 6.75. The van der Waals surface area contributed by atoms with Gasteiger partial charge in [-0.3, -0.25) is 25.2 Å². The maximum atomic E-state index is 13.3. The van der Waals surface area contributed by atoms with Gasteiger partial charge in [0.05, 0.1) is 0 Å². The molecule has 2 heterocycles. The number of hydrogen-bond acceptors (Lipinski definition) is 5. The zero-order valence-corrected chi connectivity index (χ0v) is 18.3. The van der Waals surface area contributed by atoms with Crippen LogP contribution in [0.2, 0.25) is 0 Å². The lowest BCUT2D eigenvalue weighted by atomic mass is 9.84. The van der Waals surface area contributed by atoms with Gasteiger partial charge in [-0.25, -0.2) is 0 Å². The standard InChI is InChI=1S/C25H27N3O5/c29-23(18-10-11-21-22(15-18)33-13-12-32-21)26-27-24(30)20-14-17-8-4-5-9-19(17)28(20)25(31)16-6-2-1-3-7-16/h1-3,6-7,10-11,15,17,19-20H,4-5,8-9,12-14H2,(H,26,29)(H,27,30). The second-order valence-corrected chi connectivity index (χ2v) is 8.74. The van der Waals surface area contributed by atoms with Gasteiger partial charge in [-0.1, -0.05) is 31.0 Å². The monoisotopic (exact) mass is 449 g/mol. The molecular weight excluding hydrogens is 422 g/mol. The van der Waals surface area contributed by atoms with Crippen LogP contribution in [0.3, 0.4) is 0 Å². The predicted molar refractivity (Wildman–Crippen MR) is 120 cm³/mol. The van der Waals surface area contributed by atoms with Crippen molar-refractivity contribution >= 4 is 17.7 Å². The number of amides is 3. The van der Waals surface area contributed by atoms with Gasteiger partial charge >= 0.3 is 0 Å². The summed E-state index contributed by atoms with van der Waals surface area (Å²) < 4.78 is 11.0. The third kappa shape index (κ3) is 4.25. The van der Waals surface area contributed by atoms with Crippen molar-refractivity contribution in [3.8, 4) is 11.5 Å². The average molecular weight is 450 g/mol. The molecule has 172 valence electrons. The number of ether oxygens (including phenoxy) is 2. The molecule has 0 aromatic heterocycles. The second-order valence-electron chi connectivity index (χ2n) is 8.74. The zero-order chi connectivity index (χ0) is 22.8. The highest BCUT2D eigenvalue weighted by molar-refractivity contribution is 5.99. The number of rotatable bonds is 3. The molecule has 0 bridgehead atoms. The molecule has 2 aromatic carbocycles. The van der Waals surface area contributed by atoms with Crippen molar-refractivity contribution in [2.24, 2.45) is 5.92 Å². The van der Waals surface area contributed by atoms with E-state index < -0.39 is 11.9 Å². The van der Waals surface area contributed by atoms with E-state index in [1.807, 2.05) is 18.2 Å². The van der Waals surface area contributed by atoms with Crippen molar-refractivity contribution in [3.63, 3.8) is 0 Å². The number of carbonyl (C=O) groups is 3. The van der Waals surface area contributed by atoms with E-state index in [0.717, 1.165) is 25.7 Å². The Morgan fingerprint density at radius 1 is 0.848 bits per heavy atom. The molecule has 3 atom stereocenters. The van der Waals surface area contributed by atoms with E-state index in [4.69, 9.17) is 9.47 Å². The zero-order valence-electron chi connectivity index (χ0n) is 18.3. The Morgan fingerprint density at radius 2 is 1.61 bits per heavy atom. The maximum absolute atomic E-state index is 13.3. The van der Waals surface area contributed by atoms with Gasteiger partial charge < -0.3 is 14.4 Å². The first-order chi connectivity index (χ1) is 16.1. The summed E-state index contributed by atoms with van der Waals surface area (Å²) in [6, 6.07) is 13.4. The number of fused-ring (bicyclic) bond motifs is 2. The molecule has 0 radical (unpaired) electrons. The molecule has 2 N–H and O–H groups in total. The van der Waals surface area contributed by atoms with Gasteiger partial charge in [0.15, 0.2) is 11.5 Å². The molecule has 2 aliphatic heterocycles. The van der Waals surface area contributed by atoms with Crippen molar-refractivity contribution in [2.45, 2.75) is 44.2 Å². The lowest BCUT2D eigenvalue weighted by Gasteiger charge is -2.33. The van der Waals surface area contributed by atoms with E-state index in [9.17, 15) is 14.4 Å². The van der Waals surface area contributed by atoms with Gasteiger partial charge in [0.25, 0.3) is 17.7 Å². The van der Waals surface area contributed by atoms with Crippen LogP contribution < -0.4 is 20.3 Å². The minimum atomic E-state index is -0.619. The lowest BCUT2D eigenvalue weighted by molar-refractivity contribution is -0.126. The van der Waals surface area contributed by atoms with Crippen LogP contribution in [0.15, 0.2) is 48.5 Å². The molecule has 8 heteroatoms. The first-order valence-corrected chi connectivity index (χ1v) is 11.5. The first-order valence-electron chi connectivity index (χ1n) is 11.5. The lowest BCUT2D eigenvalue weighted by Crippen LogP contribution is -2.53. The summed E-state index contributed by atoms with van der Waals surface area (Å²) in [7, 11) is 0. The van der Waals surface area contributed by atoms with Gasteiger partial charge in [-0.05, 0) is 55.5 Å². The molecule has 1 saturated heterocycles. The number of nitrogens with zero attached hydrogens (tertiary/aromatic N) is 1. The van der Waals surface area contributed by atoms with Crippen LogP contribution in [0.1, 0.15) is 52.8 Å². The Labute approximate surface area is 192 Å². The minimum absolute atomic E-state index is 0.0516. The fourth-order valence-corrected chi connectivity index (χ4v) is 5.17. The van der Waals surface area contributed by atoms with Crippen LogP contribution in [0.4, 0.5) is 0 Å². The van der Waals surface area contributed by atoms with E-state index >= 15 is 0 Å². The Morgan fingerprint density at radius 3 is 2.42 bits per heavy atom. The molecule has 0 spiro atoms. The normalized spacial score (nSPS) is 23.4. The van der Waals surface area contributed by atoms with Crippen LogP contribution >= 0.6 is 0 Å². The first kappa shape index (κ1) is 21.3. The summed E-state index contributed by atoms with van der Waals surface area (Å²) in [6.45, 7) is 0.889. The summed E-state index contributed by atoms with van der Waals surface area (Å²) in [5, 5.41) is 0. The Hall–Kier alpha value is -3.55. The van der Waals surface area contributed by atoms with Crippen LogP contribution in [0.25, 0.3) is 0 Å². The quantitative estimate of drug-likeness (QED) is 0.703. The van der Waals surface area contributed by atoms with Crippen molar-refractivity contribution in [2.75, 3.05) is 13.2 Å². The van der Waals surface area contributed by atoms with E-state index in [1.54, 1.807) is 35.2 Å². The molecule has 2 fully saturated rings. The highest BCUT2D eigenvalue weighted by atomic mass is 16.6. The molecule has 1 aliphatic carbocycles. The Balaban J connectivity index is 1.29. The van der Waals surface area contributed by atoms with Crippen LogP contribution in [0.5, 0.6) is 11.5 Å². The number of likely N-dealkylation sites (tertiary alicyclic amines) is 1. The number of carbonyl (C=O) groups excluding carboxylic acids is 3. The van der Waals surface area contributed by atoms with Gasteiger partial charge in [-0.15, -0.1) is 0 Å². The van der Waals surface area contributed by atoms with Crippen molar-refractivity contribution < 1.29 is 23.9 Å². The Kier molecular flexibility index (Phi) is 5.90. The smallest absolute Gasteiger partial charge is 0.269 e. The van der Waals surface area contributed by atoms with Gasteiger partial charge in [0, 0.05) is 17.2 Å². The number of benzene rings is 2. The molecule has 3 amide bonds. The summed E-state index contributed by atoms with van der Waals surface area (Å²) in [5.74, 6) is 0.417. The average Bonchev–Trinajstić information content (AvgIpc) is 3.26. The summed E-state index contributed by atoms with van der Waals surface area (Å²) in [5.41, 5.74) is 5.95. The molecule has 1 saturated carbocycles.